The van der Waals surface area contributed by atoms with E-state index in [4.69, 9.17) is 5.73 Å². The van der Waals surface area contributed by atoms with Crippen LogP contribution < -0.4 is 5.73 Å². The first-order valence-electron chi connectivity index (χ1n) is 2.49. The number of hydrogen-bond acceptors (Lipinski definition) is 1. The van der Waals surface area contributed by atoms with Crippen molar-refractivity contribution in [3.63, 3.8) is 0 Å². The molecular formula is C6H12N. The van der Waals surface area contributed by atoms with Gasteiger partial charge in [0, 0.05) is 6.04 Å². The van der Waals surface area contributed by atoms with E-state index in [1.54, 1.807) is 0 Å². The molecule has 0 aliphatic heterocycles. The minimum atomic E-state index is 0.144. The molecule has 0 heterocycles. The topological polar surface area (TPSA) is 26.0 Å². The maximum Gasteiger partial charge on any atom is 0.0102 e. The molecule has 0 rings (SSSR count). The van der Waals surface area contributed by atoms with Crippen LogP contribution in [0, 0.1) is 19.3 Å². The summed E-state index contributed by atoms with van der Waals surface area (Å²) in [6, 6.07) is 0.144. The summed E-state index contributed by atoms with van der Waals surface area (Å²) in [6.07, 6.45) is 5.84. The Balaban J connectivity index is 2.83. The standard InChI is InChI=1S/C6H12N/c1-3-5-6(7)4-2/h3-6H,7H2,1-2H3. The lowest BCUT2D eigenvalue weighted by atomic mass is 10.1. The summed E-state index contributed by atoms with van der Waals surface area (Å²) in [6.45, 7) is 3.91. The third-order valence-electron chi connectivity index (χ3n) is 0.800. The zero-order chi connectivity index (χ0) is 5.70. The van der Waals surface area contributed by atoms with Gasteiger partial charge in [-0.1, -0.05) is 13.8 Å². The SMILES string of the molecule is C[CH][CH]C(N)[CH]C. The molecule has 1 heteroatoms. The van der Waals surface area contributed by atoms with Crippen LogP contribution in [0.4, 0.5) is 0 Å². The van der Waals surface area contributed by atoms with Crippen LogP contribution in [0.1, 0.15) is 13.8 Å². The van der Waals surface area contributed by atoms with Crippen molar-refractivity contribution in [2.24, 2.45) is 5.73 Å². The molecule has 7 heavy (non-hydrogen) atoms. The summed E-state index contributed by atoms with van der Waals surface area (Å²) >= 11 is 0. The van der Waals surface area contributed by atoms with Crippen molar-refractivity contribution < 1.29 is 0 Å². The average Bonchev–Trinajstić information content (AvgIpc) is 1.68. The summed E-state index contributed by atoms with van der Waals surface area (Å²) in [7, 11) is 0. The van der Waals surface area contributed by atoms with E-state index < -0.39 is 0 Å². The highest BCUT2D eigenvalue weighted by Crippen LogP contribution is 1.91. The largest absolute Gasteiger partial charge is 0.327 e. The van der Waals surface area contributed by atoms with E-state index in [0.29, 0.717) is 0 Å². The Morgan fingerprint density at radius 2 is 2.00 bits per heavy atom. The lowest BCUT2D eigenvalue weighted by molar-refractivity contribution is 0.879. The first-order chi connectivity index (χ1) is 3.31. The van der Waals surface area contributed by atoms with E-state index in [-0.39, 0.29) is 6.04 Å². The van der Waals surface area contributed by atoms with Crippen molar-refractivity contribution in [1.29, 1.82) is 0 Å². The number of rotatable bonds is 3. The molecule has 0 fully saturated rings. The molecule has 3 radical (unpaired) electrons. The van der Waals surface area contributed by atoms with Crippen molar-refractivity contribution in [2.45, 2.75) is 19.9 Å². The average molecular weight is 98.2 g/mol. The van der Waals surface area contributed by atoms with Gasteiger partial charge in [-0.05, 0) is 19.3 Å². The van der Waals surface area contributed by atoms with Gasteiger partial charge in [-0.2, -0.15) is 0 Å². The molecule has 1 atom stereocenters. The molecule has 0 saturated carbocycles. The fourth-order valence-electron chi connectivity index (χ4n) is 0.333. The molecule has 0 bridgehead atoms. The van der Waals surface area contributed by atoms with E-state index in [1.807, 2.05) is 33.1 Å². The van der Waals surface area contributed by atoms with Crippen molar-refractivity contribution in [3.05, 3.63) is 19.3 Å². The summed E-state index contributed by atoms with van der Waals surface area (Å²) < 4.78 is 0. The smallest absolute Gasteiger partial charge is 0.0102 e. The summed E-state index contributed by atoms with van der Waals surface area (Å²) in [4.78, 5) is 0. The highest BCUT2D eigenvalue weighted by atomic mass is 14.6. The molecule has 41 valence electrons. The Bertz CT molecular complexity index is 35.2. The molecule has 0 spiro atoms. The summed E-state index contributed by atoms with van der Waals surface area (Å²) in [5.74, 6) is 0. The Morgan fingerprint density at radius 1 is 1.43 bits per heavy atom. The van der Waals surface area contributed by atoms with Gasteiger partial charge < -0.3 is 5.73 Å². The van der Waals surface area contributed by atoms with Gasteiger partial charge in [0.25, 0.3) is 0 Å². The first-order valence-corrected chi connectivity index (χ1v) is 2.49. The van der Waals surface area contributed by atoms with Crippen LogP contribution in [-0.4, -0.2) is 6.04 Å². The van der Waals surface area contributed by atoms with Gasteiger partial charge in [0.1, 0.15) is 0 Å². The molecular weight excluding hydrogens is 86.1 g/mol. The quantitative estimate of drug-likeness (QED) is 0.559. The van der Waals surface area contributed by atoms with Gasteiger partial charge in [0.05, 0.1) is 0 Å². The van der Waals surface area contributed by atoms with E-state index >= 15 is 0 Å². The van der Waals surface area contributed by atoms with Gasteiger partial charge in [0.2, 0.25) is 0 Å². The normalized spacial score (nSPS) is 14.1. The fourth-order valence-corrected chi connectivity index (χ4v) is 0.333. The molecule has 0 aromatic heterocycles. The monoisotopic (exact) mass is 98.1 g/mol. The predicted molar refractivity (Wildman–Crippen MR) is 32.2 cm³/mol. The Morgan fingerprint density at radius 3 is 2.14 bits per heavy atom. The molecule has 0 amide bonds. The summed E-state index contributed by atoms with van der Waals surface area (Å²) in [5, 5.41) is 0. The highest BCUT2D eigenvalue weighted by Gasteiger charge is 1.93. The van der Waals surface area contributed by atoms with E-state index in [0.717, 1.165) is 0 Å². The van der Waals surface area contributed by atoms with Crippen molar-refractivity contribution in [3.8, 4) is 0 Å². The molecule has 1 unspecified atom stereocenters. The number of nitrogens with two attached hydrogens (primary N) is 1. The maximum absolute atomic E-state index is 5.44. The van der Waals surface area contributed by atoms with Crippen LogP contribution in [0.25, 0.3) is 0 Å². The molecule has 0 saturated heterocycles. The molecule has 0 aliphatic rings. The molecule has 0 aliphatic carbocycles. The van der Waals surface area contributed by atoms with Crippen LogP contribution in [0.15, 0.2) is 0 Å². The van der Waals surface area contributed by atoms with Crippen LogP contribution in [0.3, 0.4) is 0 Å². The van der Waals surface area contributed by atoms with Crippen molar-refractivity contribution >= 4 is 0 Å². The molecule has 2 N–H and O–H groups in total. The minimum absolute atomic E-state index is 0.144. The Labute approximate surface area is 45.9 Å². The lowest BCUT2D eigenvalue weighted by Gasteiger charge is -2.02. The second kappa shape index (κ2) is 4.13. The zero-order valence-electron chi connectivity index (χ0n) is 4.89. The Hall–Kier alpha value is -0.0400. The molecule has 1 nitrogen and oxygen atoms in total. The first kappa shape index (κ1) is 6.96. The fraction of sp³-hybridized carbons (Fsp3) is 0.500. The van der Waals surface area contributed by atoms with E-state index in [9.17, 15) is 0 Å². The second-order valence-corrected chi connectivity index (χ2v) is 1.44. The third kappa shape index (κ3) is 3.80. The zero-order valence-corrected chi connectivity index (χ0v) is 4.89. The van der Waals surface area contributed by atoms with Crippen LogP contribution in [-0.2, 0) is 0 Å². The maximum atomic E-state index is 5.44. The highest BCUT2D eigenvalue weighted by molar-refractivity contribution is 4.95. The van der Waals surface area contributed by atoms with Crippen LogP contribution in [0.5, 0.6) is 0 Å². The van der Waals surface area contributed by atoms with Crippen LogP contribution in [0.2, 0.25) is 0 Å². The van der Waals surface area contributed by atoms with Gasteiger partial charge >= 0.3 is 0 Å². The lowest BCUT2D eigenvalue weighted by Crippen LogP contribution is -2.19. The number of hydrogen-bond donors (Lipinski definition) is 1. The minimum Gasteiger partial charge on any atom is -0.327 e. The van der Waals surface area contributed by atoms with Crippen LogP contribution >= 0.6 is 0 Å². The van der Waals surface area contributed by atoms with Gasteiger partial charge in [0.15, 0.2) is 0 Å². The Kier molecular flexibility index (Phi) is 4.10. The third-order valence-corrected chi connectivity index (χ3v) is 0.800. The van der Waals surface area contributed by atoms with Crippen molar-refractivity contribution in [1.82, 2.24) is 0 Å². The van der Waals surface area contributed by atoms with Crippen molar-refractivity contribution in [2.75, 3.05) is 0 Å². The van der Waals surface area contributed by atoms with Gasteiger partial charge in [-0.15, -0.1) is 0 Å². The van der Waals surface area contributed by atoms with Gasteiger partial charge in [-0.25, -0.2) is 0 Å². The van der Waals surface area contributed by atoms with E-state index in [1.165, 1.54) is 0 Å². The molecule has 0 aromatic rings. The van der Waals surface area contributed by atoms with E-state index in [2.05, 4.69) is 0 Å². The second-order valence-electron chi connectivity index (χ2n) is 1.44. The van der Waals surface area contributed by atoms with Gasteiger partial charge in [-0.3, -0.25) is 0 Å². The summed E-state index contributed by atoms with van der Waals surface area (Å²) in [5.41, 5.74) is 5.44. The predicted octanol–water partition coefficient (Wildman–Crippen LogP) is 0.966. The molecule has 0 aromatic carbocycles.